The lowest BCUT2D eigenvalue weighted by molar-refractivity contribution is 0.0980. The summed E-state index contributed by atoms with van der Waals surface area (Å²) in [4.78, 5) is 32.7. The Kier molecular flexibility index (Phi) is 5.90. The van der Waals surface area contributed by atoms with Crippen molar-refractivity contribution < 1.29 is 9.59 Å². The zero-order chi connectivity index (χ0) is 27.1. The topological polar surface area (TPSA) is 43.9 Å². The van der Waals surface area contributed by atoms with E-state index in [9.17, 15) is 9.59 Å². The fourth-order valence-corrected chi connectivity index (χ4v) is 5.73. The van der Waals surface area contributed by atoms with Crippen LogP contribution in [0.4, 0.5) is 27.5 Å². The highest BCUT2D eigenvalue weighted by molar-refractivity contribution is 6.11. The summed E-state index contributed by atoms with van der Waals surface area (Å²) in [6, 6.07) is 41.7. The van der Waals surface area contributed by atoms with Crippen LogP contribution in [0.1, 0.15) is 21.5 Å². The number of amides is 3. The highest BCUT2D eigenvalue weighted by Crippen LogP contribution is 2.38. The predicted octanol–water partition coefficient (Wildman–Crippen LogP) is 7.83. The maximum atomic E-state index is 13.9. The zero-order valence-corrected chi connectivity index (χ0v) is 21.9. The van der Waals surface area contributed by atoms with Crippen molar-refractivity contribution in [2.45, 2.75) is 13.0 Å². The molecule has 0 saturated carbocycles. The number of carbonyl (C=O) groups excluding carboxylic acids is 2. The van der Waals surface area contributed by atoms with Gasteiger partial charge < -0.3 is 4.90 Å². The molecule has 0 atom stereocenters. The smallest absolute Gasteiger partial charge is 0.308 e. The van der Waals surface area contributed by atoms with Crippen molar-refractivity contribution in [3.05, 3.63) is 144 Å². The summed E-state index contributed by atoms with van der Waals surface area (Å²) in [5.41, 5.74) is 8.39. The van der Waals surface area contributed by atoms with Gasteiger partial charge in [-0.2, -0.15) is 0 Å². The molecule has 5 aromatic carbocycles. The molecule has 0 saturated heterocycles. The molecule has 2 heterocycles. The van der Waals surface area contributed by atoms with E-state index in [1.165, 1.54) is 0 Å². The van der Waals surface area contributed by atoms with Crippen LogP contribution in [0.3, 0.4) is 0 Å². The van der Waals surface area contributed by atoms with E-state index in [2.05, 4.69) is 24.3 Å². The Bertz CT molecular complexity index is 1750. The number of carbonyl (C=O) groups is 2. The van der Waals surface area contributed by atoms with Gasteiger partial charge in [-0.1, -0.05) is 78.9 Å². The minimum absolute atomic E-state index is 0.0336. The summed E-state index contributed by atoms with van der Waals surface area (Å²) in [7, 11) is 0. The Balaban J connectivity index is 1.23. The molecule has 2 aliphatic heterocycles. The molecule has 5 heteroatoms. The fraction of sp³-hybridized carbons (Fsp3) is 0.0857. The molecule has 0 radical (unpaired) electrons. The average molecular weight is 522 g/mol. The largest absolute Gasteiger partial charge is 0.333 e. The zero-order valence-electron chi connectivity index (χ0n) is 21.9. The lowest BCUT2D eigenvalue weighted by Crippen LogP contribution is -2.44. The molecule has 5 nitrogen and oxygen atoms in total. The number of hydrogen-bond acceptors (Lipinski definition) is 2. The van der Waals surface area contributed by atoms with E-state index in [1.807, 2.05) is 113 Å². The molecule has 3 amide bonds. The number of nitrogens with zero attached hydrogens (tertiary/aromatic N) is 3. The van der Waals surface area contributed by atoms with Crippen molar-refractivity contribution in [3.8, 4) is 11.1 Å². The third-order valence-electron chi connectivity index (χ3n) is 7.74. The Labute approximate surface area is 233 Å². The highest BCUT2D eigenvalue weighted by atomic mass is 16.2. The first-order valence-electron chi connectivity index (χ1n) is 13.5. The van der Waals surface area contributed by atoms with E-state index >= 15 is 0 Å². The molecule has 0 fully saturated rings. The van der Waals surface area contributed by atoms with Crippen LogP contribution in [-0.2, 0) is 13.0 Å². The van der Waals surface area contributed by atoms with Crippen LogP contribution >= 0.6 is 0 Å². The van der Waals surface area contributed by atoms with Gasteiger partial charge in [0, 0.05) is 23.5 Å². The molecule has 0 aliphatic carbocycles. The van der Waals surface area contributed by atoms with Crippen molar-refractivity contribution in [2.75, 3.05) is 21.2 Å². The normalized spacial score (nSPS) is 14.7. The number of benzene rings is 5. The molecule has 194 valence electrons. The van der Waals surface area contributed by atoms with E-state index in [-0.39, 0.29) is 11.9 Å². The van der Waals surface area contributed by atoms with Crippen LogP contribution in [0.2, 0.25) is 0 Å². The van der Waals surface area contributed by atoms with E-state index < -0.39 is 0 Å². The number of urea groups is 1. The van der Waals surface area contributed by atoms with Gasteiger partial charge in [0.2, 0.25) is 0 Å². The Hall–Kier alpha value is -5.16. The van der Waals surface area contributed by atoms with Crippen LogP contribution < -0.4 is 14.7 Å². The maximum absolute atomic E-state index is 13.9. The Morgan fingerprint density at radius 2 is 1.12 bits per heavy atom. The average Bonchev–Trinajstić information content (AvgIpc) is 3.02. The quantitative estimate of drug-likeness (QED) is 0.242. The van der Waals surface area contributed by atoms with Crippen molar-refractivity contribution in [3.63, 3.8) is 0 Å². The summed E-state index contributed by atoms with van der Waals surface area (Å²) in [6.45, 7) is 1.14. The third kappa shape index (κ3) is 4.12. The fourth-order valence-electron chi connectivity index (χ4n) is 5.73. The summed E-state index contributed by atoms with van der Waals surface area (Å²) in [5.74, 6) is 0.0336. The van der Waals surface area contributed by atoms with Crippen LogP contribution in [0.5, 0.6) is 0 Å². The van der Waals surface area contributed by atoms with E-state index in [0.29, 0.717) is 13.1 Å². The van der Waals surface area contributed by atoms with Crippen molar-refractivity contribution in [1.82, 2.24) is 0 Å². The van der Waals surface area contributed by atoms with Crippen molar-refractivity contribution in [1.29, 1.82) is 0 Å². The van der Waals surface area contributed by atoms with Crippen LogP contribution in [-0.4, -0.2) is 18.5 Å². The second kappa shape index (κ2) is 9.86. The first-order chi connectivity index (χ1) is 19.7. The number of hydrogen-bond donors (Lipinski definition) is 0. The van der Waals surface area contributed by atoms with Gasteiger partial charge in [0.05, 0.1) is 17.9 Å². The second-order valence-corrected chi connectivity index (χ2v) is 10.1. The van der Waals surface area contributed by atoms with Gasteiger partial charge in [-0.25, -0.2) is 4.79 Å². The van der Waals surface area contributed by atoms with Crippen LogP contribution in [0.15, 0.2) is 127 Å². The van der Waals surface area contributed by atoms with Gasteiger partial charge in [0.25, 0.3) is 5.91 Å². The van der Waals surface area contributed by atoms with Gasteiger partial charge in [-0.15, -0.1) is 0 Å². The molecule has 0 unspecified atom stereocenters. The molecule has 0 bridgehead atoms. The van der Waals surface area contributed by atoms with Crippen LogP contribution in [0.25, 0.3) is 11.1 Å². The first kappa shape index (κ1) is 23.9. The van der Waals surface area contributed by atoms with E-state index in [4.69, 9.17) is 0 Å². The summed E-state index contributed by atoms with van der Waals surface area (Å²) >= 11 is 0. The monoisotopic (exact) mass is 521 g/mol. The van der Waals surface area contributed by atoms with Gasteiger partial charge >= 0.3 is 6.03 Å². The molecule has 40 heavy (non-hydrogen) atoms. The number of para-hydroxylation sites is 2. The molecule has 2 aliphatic rings. The van der Waals surface area contributed by atoms with Gasteiger partial charge in [0.1, 0.15) is 0 Å². The minimum Gasteiger partial charge on any atom is -0.308 e. The molecular weight excluding hydrogens is 494 g/mol. The number of rotatable bonds is 4. The second-order valence-electron chi connectivity index (χ2n) is 10.1. The molecule has 0 spiro atoms. The SMILES string of the molecule is O=C1c2ccccc2CCN1c1cccc(-c2cccc(N3Cc4ccccc4N(c4ccccc4)C3=O)c2)c1. The summed E-state index contributed by atoms with van der Waals surface area (Å²) in [5, 5.41) is 0. The van der Waals surface area contributed by atoms with E-state index in [0.717, 1.165) is 57.0 Å². The summed E-state index contributed by atoms with van der Waals surface area (Å²) < 4.78 is 0. The standard InChI is InChI=1S/C35H27N3O2/c39-34-32-18-6-4-10-25(32)20-21-36(34)30-16-8-12-26(22-30)27-13-9-17-31(23-27)37-24-28-11-5-7-19-33(28)38(35(37)40)29-14-2-1-3-15-29/h1-19,22-23H,20-21,24H2. The van der Waals surface area contributed by atoms with Gasteiger partial charge in [0.15, 0.2) is 0 Å². The lowest BCUT2D eigenvalue weighted by atomic mass is 9.98. The molecule has 7 rings (SSSR count). The first-order valence-corrected chi connectivity index (χ1v) is 13.5. The van der Waals surface area contributed by atoms with Crippen LogP contribution in [0, 0.1) is 0 Å². The predicted molar refractivity (Wildman–Crippen MR) is 160 cm³/mol. The Morgan fingerprint density at radius 3 is 1.88 bits per heavy atom. The minimum atomic E-state index is -0.0895. The molecule has 5 aromatic rings. The van der Waals surface area contributed by atoms with Crippen molar-refractivity contribution >= 4 is 34.7 Å². The molecule has 0 aromatic heterocycles. The molecular formula is C35H27N3O2. The van der Waals surface area contributed by atoms with Gasteiger partial charge in [-0.05, 0) is 77.2 Å². The van der Waals surface area contributed by atoms with Crippen molar-refractivity contribution in [2.24, 2.45) is 0 Å². The Morgan fingerprint density at radius 1 is 0.525 bits per heavy atom. The highest BCUT2D eigenvalue weighted by Gasteiger charge is 2.32. The third-order valence-corrected chi connectivity index (χ3v) is 7.74. The summed E-state index contributed by atoms with van der Waals surface area (Å²) in [6.07, 6.45) is 0.831. The number of anilines is 4. The molecule has 0 N–H and O–H groups in total. The van der Waals surface area contributed by atoms with Gasteiger partial charge in [-0.3, -0.25) is 14.6 Å². The maximum Gasteiger partial charge on any atom is 0.333 e. The lowest BCUT2D eigenvalue weighted by Gasteiger charge is -2.37. The van der Waals surface area contributed by atoms with E-state index in [1.54, 1.807) is 4.90 Å². The number of fused-ring (bicyclic) bond motifs is 2.